The fourth-order valence-corrected chi connectivity index (χ4v) is 2.53. The number of hydrogen-bond acceptors (Lipinski definition) is 2. The van der Waals surface area contributed by atoms with Gasteiger partial charge in [0.1, 0.15) is 0 Å². The zero-order chi connectivity index (χ0) is 11.7. The minimum absolute atomic E-state index is 0.202. The van der Waals surface area contributed by atoms with E-state index in [1.807, 2.05) is 13.0 Å². The molecule has 3 heteroatoms. The number of halogens is 1. The highest BCUT2D eigenvalue weighted by Crippen LogP contribution is 2.40. The van der Waals surface area contributed by atoms with Crippen LogP contribution in [0.2, 0.25) is 0 Å². The minimum atomic E-state index is -0.325. The molecule has 1 aromatic carbocycles. The molecule has 0 aliphatic heterocycles. The third kappa shape index (κ3) is 1.92. The van der Waals surface area contributed by atoms with E-state index in [1.165, 1.54) is 13.2 Å². The van der Waals surface area contributed by atoms with Crippen LogP contribution in [0.4, 0.5) is 4.39 Å². The number of benzene rings is 1. The predicted octanol–water partition coefficient (Wildman–Crippen LogP) is 2.71. The van der Waals surface area contributed by atoms with Gasteiger partial charge in [-0.1, -0.05) is 13.0 Å². The van der Waals surface area contributed by atoms with E-state index < -0.39 is 0 Å². The highest BCUT2D eigenvalue weighted by molar-refractivity contribution is 5.32. The maximum Gasteiger partial charge on any atom is 0.165 e. The van der Waals surface area contributed by atoms with Crippen molar-refractivity contribution in [3.8, 4) is 5.75 Å². The molecule has 0 bridgehead atoms. The molecule has 1 fully saturated rings. The monoisotopic (exact) mass is 224 g/mol. The van der Waals surface area contributed by atoms with Crippen molar-refractivity contribution in [1.82, 2.24) is 0 Å². The molecule has 1 saturated carbocycles. The second kappa shape index (κ2) is 4.42. The first-order chi connectivity index (χ1) is 7.63. The second-order valence-corrected chi connectivity index (χ2v) is 4.50. The number of rotatable bonds is 2. The Balaban J connectivity index is 2.25. The van der Waals surface area contributed by atoms with Crippen molar-refractivity contribution in [3.05, 3.63) is 29.6 Å². The Morgan fingerprint density at radius 2 is 2.12 bits per heavy atom. The lowest BCUT2D eigenvalue weighted by Crippen LogP contribution is -2.14. The number of aliphatic hydroxyl groups is 1. The summed E-state index contributed by atoms with van der Waals surface area (Å²) in [6.45, 7) is 2.02. The van der Waals surface area contributed by atoms with Gasteiger partial charge in [0.25, 0.3) is 0 Å². The van der Waals surface area contributed by atoms with Crippen LogP contribution in [-0.2, 0) is 0 Å². The van der Waals surface area contributed by atoms with E-state index in [4.69, 9.17) is 4.74 Å². The lowest BCUT2D eigenvalue weighted by Gasteiger charge is -2.18. The van der Waals surface area contributed by atoms with Gasteiger partial charge in [0.05, 0.1) is 13.2 Å². The molecule has 0 heterocycles. The second-order valence-electron chi connectivity index (χ2n) is 4.50. The standard InChI is InChI=1S/C13H17FO2/c1-8-10(4-5-12(8)15)9-3-6-13(16-2)11(14)7-9/h3,6-8,10,12,15H,4-5H2,1-2H3. The van der Waals surface area contributed by atoms with Gasteiger partial charge >= 0.3 is 0 Å². The van der Waals surface area contributed by atoms with Crippen LogP contribution in [0.15, 0.2) is 18.2 Å². The maximum atomic E-state index is 13.5. The van der Waals surface area contributed by atoms with E-state index in [1.54, 1.807) is 6.07 Å². The molecule has 1 aliphatic rings. The molecule has 2 nitrogen and oxygen atoms in total. The SMILES string of the molecule is COc1ccc(C2CCC(O)C2C)cc1F. The van der Waals surface area contributed by atoms with Crippen molar-refractivity contribution in [1.29, 1.82) is 0 Å². The average molecular weight is 224 g/mol. The van der Waals surface area contributed by atoms with Gasteiger partial charge in [-0.3, -0.25) is 0 Å². The summed E-state index contributed by atoms with van der Waals surface area (Å²) < 4.78 is 18.4. The summed E-state index contributed by atoms with van der Waals surface area (Å²) in [5.41, 5.74) is 0.961. The van der Waals surface area contributed by atoms with Crippen LogP contribution in [0.5, 0.6) is 5.75 Å². The van der Waals surface area contributed by atoms with Crippen LogP contribution in [-0.4, -0.2) is 18.3 Å². The topological polar surface area (TPSA) is 29.5 Å². The molecule has 1 aromatic rings. The molecule has 1 aliphatic carbocycles. The van der Waals surface area contributed by atoms with Crippen molar-refractivity contribution in [3.63, 3.8) is 0 Å². The summed E-state index contributed by atoms with van der Waals surface area (Å²) in [4.78, 5) is 0. The third-order valence-corrected chi connectivity index (χ3v) is 3.62. The molecule has 0 radical (unpaired) electrons. The van der Waals surface area contributed by atoms with E-state index in [-0.39, 0.29) is 29.5 Å². The summed E-state index contributed by atoms with van der Waals surface area (Å²) in [6.07, 6.45) is 1.48. The van der Waals surface area contributed by atoms with Gasteiger partial charge in [-0.25, -0.2) is 4.39 Å². The van der Waals surface area contributed by atoms with Crippen molar-refractivity contribution in [2.24, 2.45) is 5.92 Å². The Morgan fingerprint density at radius 3 is 2.62 bits per heavy atom. The first kappa shape index (κ1) is 11.4. The first-order valence-electron chi connectivity index (χ1n) is 5.65. The van der Waals surface area contributed by atoms with E-state index in [2.05, 4.69) is 0 Å². The van der Waals surface area contributed by atoms with Crippen molar-refractivity contribution < 1.29 is 14.2 Å². The Morgan fingerprint density at radius 1 is 1.38 bits per heavy atom. The van der Waals surface area contributed by atoms with Crippen LogP contribution in [0.3, 0.4) is 0 Å². The summed E-state index contributed by atoms with van der Waals surface area (Å²) in [5, 5.41) is 9.68. The van der Waals surface area contributed by atoms with Gasteiger partial charge in [0, 0.05) is 0 Å². The summed E-state index contributed by atoms with van der Waals surface area (Å²) in [7, 11) is 1.46. The maximum absolute atomic E-state index is 13.5. The molecule has 0 spiro atoms. The summed E-state index contributed by atoms with van der Waals surface area (Å²) >= 11 is 0. The smallest absolute Gasteiger partial charge is 0.165 e. The molecule has 88 valence electrons. The Kier molecular flexibility index (Phi) is 3.15. The van der Waals surface area contributed by atoms with Gasteiger partial charge in [-0.05, 0) is 42.4 Å². The minimum Gasteiger partial charge on any atom is -0.494 e. The predicted molar refractivity (Wildman–Crippen MR) is 60.1 cm³/mol. The van der Waals surface area contributed by atoms with Crippen molar-refractivity contribution in [2.75, 3.05) is 7.11 Å². The highest BCUT2D eigenvalue weighted by atomic mass is 19.1. The molecule has 16 heavy (non-hydrogen) atoms. The van der Waals surface area contributed by atoms with Gasteiger partial charge in [-0.2, -0.15) is 0 Å². The van der Waals surface area contributed by atoms with E-state index in [9.17, 15) is 9.50 Å². The molecule has 0 saturated heterocycles. The van der Waals surface area contributed by atoms with E-state index >= 15 is 0 Å². The van der Waals surface area contributed by atoms with Crippen molar-refractivity contribution >= 4 is 0 Å². The fraction of sp³-hybridized carbons (Fsp3) is 0.538. The molecule has 0 aromatic heterocycles. The number of methoxy groups -OCH3 is 1. The summed E-state index contributed by atoms with van der Waals surface area (Å²) in [6, 6.07) is 5.07. The van der Waals surface area contributed by atoms with Crippen LogP contribution in [0.25, 0.3) is 0 Å². The van der Waals surface area contributed by atoms with Gasteiger partial charge < -0.3 is 9.84 Å². The number of ether oxygens (including phenoxy) is 1. The molecule has 2 rings (SSSR count). The molecular weight excluding hydrogens is 207 g/mol. The van der Waals surface area contributed by atoms with Gasteiger partial charge in [0.15, 0.2) is 11.6 Å². The molecule has 0 amide bonds. The normalized spacial score (nSPS) is 29.4. The Hall–Kier alpha value is -1.09. The first-order valence-corrected chi connectivity index (χ1v) is 5.65. The van der Waals surface area contributed by atoms with Crippen LogP contribution >= 0.6 is 0 Å². The van der Waals surface area contributed by atoms with Crippen LogP contribution in [0.1, 0.15) is 31.2 Å². The van der Waals surface area contributed by atoms with Crippen molar-refractivity contribution in [2.45, 2.75) is 31.8 Å². The largest absolute Gasteiger partial charge is 0.494 e. The number of aliphatic hydroxyl groups excluding tert-OH is 1. The average Bonchev–Trinajstić information content (AvgIpc) is 2.60. The highest BCUT2D eigenvalue weighted by Gasteiger charge is 2.32. The summed E-state index contributed by atoms with van der Waals surface area (Å²) in [5.74, 6) is 0.409. The quantitative estimate of drug-likeness (QED) is 0.837. The number of hydrogen-bond donors (Lipinski definition) is 1. The zero-order valence-corrected chi connectivity index (χ0v) is 9.61. The lowest BCUT2D eigenvalue weighted by molar-refractivity contribution is 0.136. The fourth-order valence-electron chi connectivity index (χ4n) is 2.53. The Labute approximate surface area is 95.1 Å². The molecule has 1 N–H and O–H groups in total. The molecule has 3 atom stereocenters. The molecule has 3 unspecified atom stereocenters. The van der Waals surface area contributed by atoms with Crippen LogP contribution in [0, 0.1) is 11.7 Å². The Bertz CT molecular complexity index is 378. The lowest BCUT2D eigenvalue weighted by atomic mass is 9.89. The van der Waals surface area contributed by atoms with Gasteiger partial charge in [-0.15, -0.1) is 0 Å². The van der Waals surface area contributed by atoms with E-state index in [0.717, 1.165) is 18.4 Å². The van der Waals surface area contributed by atoms with Gasteiger partial charge in [0.2, 0.25) is 0 Å². The third-order valence-electron chi connectivity index (χ3n) is 3.62. The molecular formula is C13H17FO2. The zero-order valence-electron chi connectivity index (χ0n) is 9.61. The van der Waals surface area contributed by atoms with Crippen LogP contribution < -0.4 is 4.74 Å². The van der Waals surface area contributed by atoms with E-state index in [0.29, 0.717) is 0 Å².